The Morgan fingerprint density at radius 2 is 1.65 bits per heavy atom. The van der Waals surface area contributed by atoms with Crippen molar-refractivity contribution in [1.29, 1.82) is 0 Å². The Labute approximate surface area is 133 Å². The zero-order valence-electron chi connectivity index (χ0n) is 12.9. The van der Waals surface area contributed by atoms with Crippen molar-refractivity contribution in [2.75, 3.05) is 5.32 Å². The molecule has 0 unspecified atom stereocenters. The predicted octanol–water partition coefficient (Wildman–Crippen LogP) is 2.61. The van der Waals surface area contributed by atoms with Crippen molar-refractivity contribution in [2.24, 2.45) is 5.92 Å². The summed E-state index contributed by atoms with van der Waals surface area (Å²) in [6.07, 6.45) is 3.13. The molecule has 0 radical (unpaired) electrons. The maximum absolute atomic E-state index is 12.9. The fourth-order valence-corrected chi connectivity index (χ4v) is 2.02. The van der Waals surface area contributed by atoms with Crippen LogP contribution in [0.15, 0.2) is 48.8 Å². The molecule has 2 rings (SSSR count). The van der Waals surface area contributed by atoms with E-state index >= 15 is 0 Å². The van der Waals surface area contributed by atoms with Gasteiger partial charge in [-0.2, -0.15) is 0 Å². The molecule has 0 saturated carbocycles. The summed E-state index contributed by atoms with van der Waals surface area (Å²) in [5, 5.41) is 5.42. The summed E-state index contributed by atoms with van der Waals surface area (Å²) in [7, 11) is 0. The number of amides is 2. The Kier molecular flexibility index (Phi) is 5.41. The Hall–Kier alpha value is -2.76. The number of nitrogens with zero attached hydrogens (tertiary/aromatic N) is 1. The minimum atomic E-state index is -0.708. The molecule has 0 aliphatic carbocycles. The molecule has 120 valence electrons. The number of aromatic nitrogens is 1. The van der Waals surface area contributed by atoms with E-state index in [0.717, 1.165) is 0 Å². The Balaban J connectivity index is 2.07. The lowest BCUT2D eigenvalue weighted by Crippen LogP contribution is -2.47. The largest absolute Gasteiger partial charge is 0.340 e. The van der Waals surface area contributed by atoms with Crippen molar-refractivity contribution in [3.05, 3.63) is 60.2 Å². The summed E-state index contributed by atoms with van der Waals surface area (Å²) in [6.45, 7) is 3.67. The van der Waals surface area contributed by atoms with E-state index < -0.39 is 17.8 Å². The highest BCUT2D eigenvalue weighted by Crippen LogP contribution is 2.10. The summed E-state index contributed by atoms with van der Waals surface area (Å²) in [5.74, 6) is -1.27. The van der Waals surface area contributed by atoms with E-state index in [0.29, 0.717) is 11.3 Å². The van der Waals surface area contributed by atoms with Crippen molar-refractivity contribution in [1.82, 2.24) is 10.3 Å². The third-order valence-corrected chi connectivity index (χ3v) is 3.29. The smallest absolute Gasteiger partial charge is 0.251 e. The first-order valence-electron chi connectivity index (χ1n) is 7.24. The second-order valence-electron chi connectivity index (χ2n) is 5.43. The molecule has 23 heavy (non-hydrogen) atoms. The van der Waals surface area contributed by atoms with E-state index in [9.17, 15) is 14.0 Å². The number of rotatable bonds is 5. The topological polar surface area (TPSA) is 71.1 Å². The first kappa shape index (κ1) is 16.6. The molecule has 1 atom stereocenters. The fourth-order valence-electron chi connectivity index (χ4n) is 2.02. The van der Waals surface area contributed by atoms with Gasteiger partial charge in [-0.1, -0.05) is 13.8 Å². The van der Waals surface area contributed by atoms with E-state index in [4.69, 9.17) is 0 Å². The lowest BCUT2D eigenvalue weighted by Gasteiger charge is -2.21. The van der Waals surface area contributed by atoms with Gasteiger partial charge >= 0.3 is 0 Å². The average molecular weight is 315 g/mol. The number of pyridine rings is 1. The van der Waals surface area contributed by atoms with Crippen LogP contribution in [0.5, 0.6) is 0 Å². The van der Waals surface area contributed by atoms with Gasteiger partial charge in [0.05, 0.1) is 0 Å². The van der Waals surface area contributed by atoms with E-state index in [1.165, 1.54) is 24.3 Å². The standard InChI is InChI=1S/C17H18FN3O2/c1-11(2)15(17(23)20-14-7-9-19-10-8-14)21-16(22)12-3-5-13(18)6-4-12/h3-11,15H,1-2H3,(H,21,22)(H,19,20,23)/t15-/m0/s1. The lowest BCUT2D eigenvalue weighted by atomic mass is 10.0. The highest BCUT2D eigenvalue weighted by atomic mass is 19.1. The monoisotopic (exact) mass is 315 g/mol. The number of hydrogen-bond donors (Lipinski definition) is 2. The minimum Gasteiger partial charge on any atom is -0.340 e. The van der Waals surface area contributed by atoms with Crippen LogP contribution in [0.3, 0.4) is 0 Å². The maximum atomic E-state index is 12.9. The van der Waals surface area contributed by atoms with Crippen LogP contribution in [0.4, 0.5) is 10.1 Å². The van der Waals surface area contributed by atoms with E-state index in [1.54, 1.807) is 24.5 Å². The normalized spacial score (nSPS) is 11.8. The Morgan fingerprint density at radius 3 is 2.22 bits per heavy atom. The Bertz CT molecular complexity index is 672. The van der Waals surface area contributed by atoms with Gasteiger partial charge in [-0.3, -0.25) is 14.6 Å². The van der Waals surface area contributed by atoms with E-state index in [1.807, 2.05) is 13.8 Å². The molecule has 1 heterocycles. The molecule has 1 aromatic heterocycles. The van der Waals surface area contributed by atoms with Gasteiger partial charge in [-0.15, -0.1) is 0 Å². The van der Waals surface area contributed by atoms with Crippen LogP contribution >= 0.6 is 0 Å². The molecule has 2 N–H and O–H groups in total. The molecular formula is C17H18FN3O2. The molecule has 0 fully saturated rings. The van der Waals surface area contributed by atoms with Crippen molar-refractivity contribution in [3.8, 4) is 0 Å². The summed E-state index contributed by atoms with van der Waals surface area (Å²) >= 11 is 0. The van der Waals surface area contributed by atoms with Gasteiger partial charge < -0.3 is 10.6 Å². The average Bonchev–Trinajstić information content (AvgIpc) is 2.53. The molecule has 2 aromatic rings. The first-order valence-corrected chi connectivity index (χ1v) is 7.24. The first-order chi connectivity index (χ1) is 11.0. The summed E-state index contributed by atoms with van der Waals surface area (Å²) in [6, 6.07) is 7.78. The van der Waals surface area contributed by atoms with Crippen molar-refractivity contribution < 1.29 is 14.0 Å². The number of carbonyl (C=O) groups is 2. The molecule has 5 nitrogen and oxygen atoms in total. The van der Waals surface area contributed by atoms with Crippen molar-refractivity contribution in [2.45, 2.75) is 19.9 Å². The van der Waals surface area contributed by atoms with E-state index in [2.05, 4.69) is 15.6 Å². The van der Waals surface area contributed by atoms with Crippen LogP contribution in [-0.2, 0) is 4.79 Å². The van der Waals surface area contributed by atoms with Crippen LogP contribution in [-0.4, -0.2) is 22.8 Å². The zero-order chi connectivity index (χ0) is 16.8. The highest BCUT2D eigenvalue weighted by molar-refractivity contribution is 6.01. The van der Waals surface area contributed by atoms with Crippen LogP contribution in [0.25, 0.3) is 0 Å². The second kappa shape index (κ2) is 7.49. The molecule has 0 aliphatic rings. The third kappa shape index (κ3) is 4.60. The SMILES string of the molecule is CC(C)[C@H](NC(=O)c1ccc(F)cc1)C(=O)Nc1ccncc1. The summed E-state index contributed by atoms with van der Waals surface area (Å²) < 4.78 is 12.9. The van der Waals surface area contributed by atoms with Crippen LogP contribution < -0.4 is 10.6 Å². The molecule has 6 heteroatoms. The highest BCUT2D eigenvalue weighted by Gasteiger charge is 2.24. The van der Waals surface area contributed by atoms with Gasteiger partial charge in [0, 0.05) is 23.6 Å². The number of carbonyl (C=O) groups excluding carboxylic acids is 2. The number of benzene rings is 1. The molecule has 1 aromatic carbocycles. The lowest BCUT2D eigenvalue weighted by molar-refractivity contribution is -0.118. The van der Waals surface area contributed by atoms with Gasteiger partial charge in [0.25, 0.3) is 5.91 Å². The van der Waals surface area contributed by atoms with Gasteiger partial charge in [0.15, 0.2) is 0 Å². The number of anilines is 1. The zero-order valence-corrected chi connectivity index (χ0v) is 12.9. The molecular weight excluding hydrogens is 297 g/mol. The van der Waals surface area contributed by atoms with Gasteiger partial charge in [-0.25, -0.2) is 4.39 Å². The number of nitrogens with one attached hydrogen (secondary N) is 2. The fraction of sp³-hybridized carbons (Fsp3) is 0.235. The van der Waals surface area contributed by atoms with Crippen LogP contribution in [0, 0.1) is 11.7 Å². The Morgan fingerprint density at radius 1 is 1.04 bits per heavy atom. The second-order valence-corrected chi connectivity index (χ2v) is 5.43. The predicted molar refractivity (Wildman–Crippen MR) is 85.4 cm³/mol. The van der Waals surface area contributed by atoms with Crippen LogP contribution in [0.1, 0.15) is 24.2 Å². The number of halogens is 1. The molecule has 2 amide bonds. The minimum absolute atomic E-state index is 0.110. The summed E-state index contributed by atoms with van der Waals surface area (Å²) in [4.78, 5) is 28.4. The quantitative estimate of drug-likeness (QED) is 0.891. The van der Waals surface area contributed by atoms with Crippen LogP contribution in [0.2, 0.25) is 0 Å². The molecule has 0 aliphatic heterocycles. The molecule has 0 saturated heterocycles. The summed E-state index contributed by atoms with van der Waals surface area (Å²) in [5.41, 5.74) is 0.903. The molecule has 0 bridgehead atoms. The van der Waals surface area contributed by atoms with Gasteiger partial charge in [0.1, 0.15) is 11.9 Å². The van der Waals surface area contributed by atoms with Crippen molar-refractivity contribution >= 4 is 17.5 Å². The van der Waals surface area contributed by atoms with E-state index in [-0.39, 0.29) is 11.8 Å². The molecule has 0 spiro atoms. The maximum Gasteiger partial charge on any atom is 0.251 e. The van der Waals surface area contributed by atoms with Crippen molar-refractivity contribution in [3.63, 3.8) is 0 Å². The number of hydrogen-bond acceptors (Lipinski definition) is 3. The van der Waals surface area contributed by atoms with Gasteiger partial charge in [-0.05, 0) is 42.3 Å². The van der Waals surface area contributed by atoms with Gasteiger partial charge in [0.2, 0.25) is 5.91 Å². The third-order valence-electron chi connectivity index (χ3n) is 3.29.